The molecule has 0 unspecified atom stereocenters. The highest BCUT2D eigenvalue weighted by Crippen LogP contribution is 2.41. The lowest BCUT2D eigenvalue weighted by Gasteiger charge is -2.21. The fourth-order valence-corrected chi connectivity index (χ4v) is 4.72. The molecule has 4 heterocycles. The van der Waals surface area contributed by atoms with E-state index in [9.17, 15) is 4.79 Å². The quantitative estimate of drug-likeness (QED) is 0.404. The molecule has 1 aliphatic heterocycles. The van der Waals surface area contributed by atoms with Gasteiger partial charge in [0.25, 0.3) is 5.91 Å². The van der Waals surface area contributed by atoms with E-state index in [-0.39, 0.29) is 24.5 Å². The van der Waals surface area contributed by atoms with Crippen molar-refractivity contribution in [3.05, 3.63) is 81.9 Å². The van der Waals surface area contributed by atoms with Crippen LogP contribution in [0.1, 0.15) is 44.0 Å². The number of carbonyl (C=O) groups excluding carboxylic acids is 1. The predicted molar refractivity (Wildman–Crippen MR) is 125 cm³/mol. The van der Waals surface area contributed by atoms with Gasteiger partial charge in [-0.25, -0.2) is 9.97 Å². The third-order valence-electron chi connectivity index (χ3n) is 5.15. The third kappa shape index (κ3) is 4.40. The van der Waals surface area contributed by atoms with Crippen LogP contribution in [0.15, 0.2) is 53.1 Å². The highest BCUT2D eigenvalue weighted by molar-refractivity contribution is 7.16. The SMILES string of the molecule is Cc1cc(C)nc(N[C@H](c2ccc3c(c2)OCO3)c2cc(C)sc2NC(=O)c2ccco2)n1. The summed E-state index contributed by atoms with van der Waals surface area (Å²) in [6.45, 7) is 6.05. The standard InChI is InChI=1S/C24H22N4O4S/c1-13-9-14(2)26-24(25-13)27-21(16-6-7-18-20(11-16)32-12-31-18)17-10-15(3)33-23(17)28-22(29)19-5-4-8-30-19/h4-11,21H,12H2,1-3H3,(H,28,29)(H,25,26,27)/t21-/m1/s1. The van der Waals surface area contributed by atoms with E-state index >= 15 is 0 Å². The van der Waals surface area contributed by atoms with Gasteiger partial charge in [-0.15, -0.1) is 11.3 Å². The molecule has 1 atom stereocenters. The van der Waals surface area contributed by atoms with Crippen molar-refractivity contribution in [3.63, 3.8) is 0 Å². The molecule has 8 nitrogen and oxygen atoms in total. The number of nitrogens with zero attached hydrogens (tertiary/aromatic N) is 2. The van der Waals surface area contributed by atoms with Crippen molar-refractivity contribution >= 4 is 28.2 Å². The van der Waals surface area contributed by atoms with Crippen molar-refractivity contribution in [2.45, 2.75) is 26.8 Å². The Morgan fingerprint density at radius 2 is 1.82 bits per heavy atom. The molecule has 0 spiro atoms. The van der Waals surface area contributed by atoms with Crippen LogP contribution in [0.2, 0.25) is 0 Å². The summed E-state index contributed by atoms with van der Waals surface area (Å²) in [7, 11) is 0. The Bertz CT molecular complexity index is 1300. The van der Waals surface area contributed by atoms with Crippen LogP contribution in [0, 0.1) is 20.8 Å². The second kappa shape index (κ2) is 8.59. The second-order valence-corrected chi connectivity index (χ2v) is 8.99. The number of hydrogen-bond acceptors (Lipinski definition) is 8. The van der Waals surface area contributed by atoms with E-state index in [4.69, 9.17) is 13.9 Å². The molecule has 1 amide bonds. The largest absolute Gasteiger partial charge is 0.459 e. The fraction of sp³-hybridized carbons (Fsp3) is 0.208. The van der Waals surface area contributed by atoms with Gasteiger partial charge in [0.2, 0.25) is 12.7 Å². The Hall–Kier alpha value is -3.85. The van der Waals surface area contributed by atoms with E-state index in [0.29, 0.717) is 22.4 Å². The van der Waals surface area contributed by atoms with Crippen molar-refractivity contribution < 1.29 is 18.7 Å². The van der Waals surface area contributed by atoms with Crippen LogP contribution in [-0.4, -0.2) is 22.7 Å². The van der Waals surface area contributed by atoms with Gasteiger partial charge in [0.1, 0.15) is 5.00 Å². The zero-order valence-electron chi connectivity index (χ0n) is 18.3. The Kier molecular flexibility index (Phi) is 5.47. The molecule has 0 radical (unpaired) electrons. The summed E-state index contributed by atoms with van der Waals surface area (Å²) in [5.41, 5.74) is 3.54. The van der Waals surface area contributed by atoms with Crippen LogP contribution >= 0.6 is 11.3 Å². The summed E-state index contributed by atoms with van der Waals surface area (Å²) in [5, 5.41) is 7.17. The lowest BCUT2D eigenvalue weighted by molar-refractivity contribution is 0.0997. The topological polar surface area (TPSA) is 98.5 Å². The lowest BCUT2D eigenvalue weighted by Crippen LogP contribution is -2.18. The second-order valence-electron chi connectivity index (χ2n) is 7.74. The number of furan rings is 1. The summed E-state index contributed by atoms with van der Waals surface area (Å²) in [4.78, 5) is 22.9. The number of fused-ring (bicyclic) bond motifs is 1. The number of benzene rings is 1. The lowest BCUT2D eigenvalue weighted by atomic mass is 9.99. The molecule has 9 heteroatoms. The van der Waals surface area contributed by atoms with Gasteiger partial charge in [0.05, 0.1) is 12.3 Å². The molecule has 33 heavy (non-hydrogen) atoms. The van der Waals surface area contributed by atoms with E-state index in [1.165, 1.54) is 17.6 Å². The summed E-state index contributed by atoms with van der Waals surface area (Å²) >= 11 is 1.49. The van der Waals surface area contributed by atoms with Crippen molar-refractivity contribution in [3.8, 4) is 11.5 Å². The summed E-state index contributed by atoms with van der Waals surface area (Å²) < 4.78 is 16.3. The van der Waals surface area contributed by atoms with Crippen LogP contribution < -0.4 is 20.1 Å². The highest BCUT2D eigenvalue weighted by Gasteiger charge is 2.25. The highest BCUT2D eigenvalue weighted by atomic mass is 32.1. The molecule has 2 N–H and O–H groups in total. The maximum absolute atomic E-state index is 12.7. The van der Waals surface area contributed by atoms with Crippen LogP contribution in [0.4, 0.5) is 10.9 Å². The monoisotopic (exact) mass is 462 g/mol. The number of rotatable bonds is 6. The third-order valence-corrected chi connectivity index (χ3v) is 6.13. The average molecular weight is 463 g/mol. The maximum atomic E-state index is 12.7. The van der Waals surface area contributed by atoms with Gasteiger partial charge >= 0.3 is 0 Å². The normalized spacial score (nSPS) is 13.1. The molecular formula is C24H22N4O4S. The van der Waals surface area contributed by atoms with Gasteiger partial charge in [-0.2, -0.15) is 0 Å². The van der Waals surface area contributed by atoms with Gasteiger partial charge in [-0.3, -0.25) is 4.79 Å². The molecule has 0 fully saturated rings. The van der Waals surface area contributed by atoms with Crippen molar-refractivity contribution in [1.29, 1.82) is 0 Å². The van der Waals surface area contributed by atoms with Gasteiger partial charge in [-0.05, 0) is 62.7 Å². The number of ether oxygens (including phenoxy) is 2. The predicted octanol–water partition coefficient (Wildman–Crippen LogP) is 5.24. The molecule has 0 aliphatic carbocycles. The molecule has 4 aromatic rings. The molecule has 0 saturated carbocycles. The fourth-order valence-electron chi connectivity index (χ4n) is 3.77. The number of carbonyl (C=O) groups is 1. The smallest absolute Gasteiger partial charge is 0.291 e. The molecular weight excluding hydrogens is 440 g/mol. The first-order valence-electron chi connectivity index (χ1n) is 10.4. The first-order valence-corrected chi connectivity index (χ1v) is 11.2. The van der Waals surface area contributed by atoms with E-state index in [1.54, 1.807) is 12.1 Å². The van der Waals surface area contributed by atoms with Gasteiger partial charge in [0.15, 0.2) is 17.3 Å². The molecule has 0 bridgehead atoms. The van der Waals surface area contributed by atoms with E-state index < -0.39 is 0 Å². The summed E-state index contributed by atoms with van der Waals surface area (Å²) in [5.74, 6) is 1.82. The van der Waals surface area contributed by atoms with E-state index in [1.807, 2.05) is 51.1 Å². The number of thiophene rings is 1. The van der Waals surface area contributed by atoms with Crippen molar-refractivity contribution in [2.24, 2.45) is 0 Å². The Labute approximate surface area is 194 Å². The van der Waals surface area contributed by atoms with Gasteiger partial charge in [0, 0.05) is 21.8 Å². The zero-order valence-corrected chi connectivity index (χ0v) is 19.2. The molecule has 0 saturated heterocycles. The first-order chi connectivity index (χ1) is 16.0. The van der Waals surface area contributed by atoms with Crippen LogP contribution in [0.3, 0.4) is 0 Å². The maximum Gasteiger partial charge on any atom is 0.291 e. The van der Waals surface area contributed by atoms with Crippen molar-refractivity contribution in [1.82, 2.24) is 9.97 Å². The average Bonchev–Trinajstić information content (AvgIpc) is 3.52. The minimum Gasteiger partial charge on any atom is -0.459 e. The molecule has 1 aromatic carbocycles. The van der Waals surface area contributed by atoms with E-state index in [2.05, 4.69) is 20.6 Å². The van der Waals surface area contributed by atoms with E-state index in [0.717, 1.165) is 27.4 Å². The Morgan fingerprint density at radius 1 is 1.03 bits per heavy atom. The number of anilines is 2. The summed E-state index contributed by atoms with van der Waals surface area (Å²) in [6, 6.07) is 12.7. The number of nitrogens with one attached hydrogen (secondary N) is 2. The van der Waals surface area contributed by atoms with Crippen LogP contribution in [0.5, 0.6) is 11.5 Å². The summed E-state index contributed by atoms with van der Waals surface area (Å²) in [6.07, 6.45) is 1.48. The van der Waals surface area contributed by atoms with Crippen LogP contribution in [-0.2, 0) is 0 Å². The Balaban J connectivity index is 1.56. The first kappa shape index (κ1) is 21.0. The van der Waals surface area contributed by atoms with Gasteiger partial charge < -0.3 is 24.5 Å². The zero-order chi connectivity index (χ0) is 22.9. The molecule has 168 valence electrons. The number of aryl methyl sites for hydroxylation is 3. The van der Waals surface area contributed by atoms with Crippen molar-refractivity contribution in [2.75, 3.05) is 17.4 Å². The van der Waals surface area contributed by atoms with Gasteiger partial charge in [-0.1, -0.05) is 6.07 Å². The Morgan fingerprint density at radius 3 is 2.58 bits per heavy atom. The number of aromatic nitrogens is 2. The molecule has 1 aliphatic rings. The minimum absolute atomic E-state index is 0.194. The molecule has 5 rings (SSSR count). The van der Waals surface area contributed by atoms with Crippen LogP contribution in [0.25, 0.3) is 0 Å². The number of amides is 1. The minimum atomic E-state index is -0.349. The molecule has 3 aromatic heterocycles. The number of hydrogen-bond donors (Lipinski definition) is 2.